The third-order valence-electron chi connectivity index (χ3n) is 3.65. The highest BCUT2D eigenvalue weighted by Gasteiger charge is 2.16. The van der Waals surface area contributed by atoms with E-state index in [4.69, 9.17) is 21.1 Å². The molecular weight excluding hydrogens is 388 g/mol. The molecule has 1 heterocycles. The lowest BCUT2D eigenvalue weighted by Gasteiger charge is -2.20. The molecule has 0 aromatic heterocycles. The van der Waals surface area contributed by atoms with Gasteiger partial charge in [-0.3, -0.25) is 9.59 Å². The van der Waals surface area contributed by atoms with Crippen molar-refractivity contribution in [1.82, 2.24) is 0 Å². The van der Waals surface area contributed by atoms with E-state index in [1.807, 2.05) is 12.1 Å². The molecule has 0 aliphatic carbocycles. The van der Waals surface area contributed by atoms with Crippen molar-refractivity contribution < 1.29 is 19.1 Å². The minimum Gasteiger partial charge on any atom is -0.486 e. The Bertz CT molecular complexity index is 842. The van der Waals surface area contributed by atoms with Crippen molar-refractivity contribution in [1.29, 1.82) is 0 Å². The van der Waals surface area contributed by atoms with Gasteiger partial charge in [0.25, 0.3) is 0 Å². The Kier molecular flexibility index (Phi) is 6.47. The first kappa shape index (κ1) is 19.4. The molecule has 6 nitrogen and oxygen atoms in total. The normalized spacial score (nSPS) is 12.4. The number of anilines is 2. The van der Waals surface area contributed by atoms with Crippen molar-refractivity contribution in [3.8, 4) is 11.5 Å². The molecule has 2 amide bonds. The minimum absolute atomic E-state index is 0.101. The van der Waals surface area contributed by atoms with Crippen LogP contribution in [0.4, 0.5) is 11.4 Å². The maximum absolute atomic E-state index is 12.1. The van der Waals surface area contributed by atoms with Gasteiger partial charge in [0.2, 0.25) is 11.8 Å². The number of nitrogens with one attached hydrogen (secondary N) is 2. The molecule has 8 heteroatoms. The van der Waals surface area contributed by atoms with Crippen LogP contribution >= 0.6 is 23.4 Å². The molecule has 0 bridgehead atoms. The molecule has 27 heavy (non-hydrogen) atoms. The standard InChI is InChI=1S/C19H19ClN2O4S/c1-12(23)21-14-2-4-15(5-3-14)22-18(24)11-27-10-13-8-16(20)19-17(9-13)25-6-7-26-19/h2-5,8-9H,6-7,10-11H2,1H3,(H,21,23)(H,22,24). The van der Waals surface area contributed by atoms with E-state index in [1.165, 1.54) is 18.7 Å². The highest BCUT2D eigenvalue weighted by molar-refractivity contribution is 7.99. The molecule has 1 aliphatic heterocycles. The van der Waals surface area contributed by atoms with Crippen molar-refractivity contribution in [3.05, 3.63) is 47.0 Å². The molecule has 0 saturated heterocycles. The van der Waals surface area contributed by atoms with E-state index >= 15 is 0 Å². The predicted octanol–water partition coefficient (Wildman–Crippen LogP) is 3.94. The maximum atomic E-state index is 12.1. The highest BCUT2D eigenvalue weighted by Crippen LogP contribution is 2.39. The number of carbonyl (C=O) groups is 2. The number of thioether (sulfide) groups is 1. The average molecular weight is 407 g/mol. The van der Waals surface area contributed by atoms with E-state index in [9.17, 15) is 9.59 Å². The SMILES string of the molecule is CC(=O)Nc1ccc(NC(=O)CSCc2cc(Cl)c3c(c2)OCCO3)cc1. The number of carbonyl (C=O) groups excluding carboxylic acids is 2. The van der Waals surface area contributed by atoms with E-state index in [2.05, 4.69) is 10.6 Å². The molecule has 2 aromatic rings. The van der Waals surface area contributed by atoms with Crippen LogP contribution in [0.5, 0.6) is 11.5 Å². The first-order chi connectivity index (χ1) is 13.0. The zero-order chi connectivity index (χ0) is 19.2. The molecule has 142 valence electrons. The van der Waals surface area contributed by atoms with Crippen LogP contribution in [0, 0.1) is 0 Å². The Labute approximate surface area is 166 Å². The fourth-order valence-electron chi connectivity index (χ4n) is 2.55. The molecule has 2 aromatic carbocycles. The lowest BCUT2D eigenvalue weighted by molar-refractivity contribution is -0.114. The second kappa shape index (κ2) is 9.01. The Morgan fingerprint density at radius 1 is 1.07 bits per heavy atom. The zero-order valence-electron chi connectivity index (χ0n) is 14.7. The van der Waals surface area contributed by atoms with Crippen LogP contribution in [0.25, 0.3) is 0 Å². The Hall–Kier alpha value is -2.38. The summed E-state index contributed by atoms with van der Waals surface area (Å²) < 4.78 is 11.1. The van der Waals surface area contributed by atoms with Crippen LogP contribution < -0.4 is 20.1 Å². The highest BCUT2D eigenvalue weighted by atomic mass is 35.5. The summed E-state index contributed by atoms with van der Waals surface area (Å²) in [5.74, 6) is 1.92. The van der Waals surface area contributed by atoms with Gasteiger partial charge in [-0.2, -0.15) is 0 Å². The summed E-state index contributed by atoms with van der Waals surface area (Å²) in [6, 6.07) is 10.7. The number of halogens is 1. The van der Waals surface area contributed by atoms with Gasteiger partial charge in [-0.15, -0.1) is 11.8 Å². The Balaban J connectivity index is 1.48. The summed E-state index contributed by atoms with van der Waals surface area (Å²) >= 11 is 7.70. The lowest BCUT2D eigenvalue weighted by Crippen LogP contribution is -2.16. The van der Waals surface area contributed by atoms with E-state index in [1.54, 1.807) is 24.3 Å². The second-order valence-corrected chi connectivity index (χ2v) is 7.29. The third kappa shape index (κ3) is 5.55. The molecular formula is C19H19ClN2O4S. The van der Waals surface area contributed by atoms with E-state index in [-0.39, 0.29) is 11.8 Å². The van der Waals surface area contributed by atoms with Crippen LogP contribution in [0.3, 0.4) is 0 Å². The van der Waals surface area contributed by atoms with Crippen LogP contribution in [-0.4, -0.2) is 30.8 Å². The monoisotopic (exact) mass is 406 g/mol. The van der Waals surface area contributed by atoms with Crippen molar-refractivity contribution in [2.45, 2.75) is 12.7 Å². The van der Waals surface area contributed by atoms with Crippen LogP contribution in [-0.2, 0) is 15.3 Å². The molecule has 0 unspecified atom stereocenters. The van der Waals surface area contributed by atoms with Gasteiger partial charge in [-0.1, -0.05) is 11.6 Å². The number of hydrogen-bond acceptors (Lipinski definition) is 5. The Morgan fingerprint density at radius 2 is 1.74 bits per heavy atom. The van der Waals surface area contributed by atoms with Gasteiger partial charge in [0, 0.05) is 24.1 Å². The third-order valence-corrected chi connectivity index (χ3v) is 4.93. The van der Waals surface area contributed by atoms with Crippen molar-refractivity contribution >= 4 is 46.6 Å². The van der Waals surface area contributed by atoms with Gasteiger partial charge in [0.1, 0.15) is 13.2 Å². The summed E-state index contributed by atoms with van der Waals surface area (Å²) in [7, 11) is 0. The largest absolute Gasteiger partial charge is 0.486 e. The van der Waals surface area contributed by atoms with Gasteiger partial charge in [0.05, 0.1) is 10.8 Å². The van der Waals surface area contributed by atoms with E-state index in [0.29, 0.717) is 52.6 Å². The summed E-state index contributed by atoms with van der Waals surface area (Å²) in [6.45, 7) is 2.44. The molecule has 0 radical (unpaired) electrons. The number of fused-ring (bicyclic) bond motifs is 1. The number of rotatable bonds is 6. The number of hydrogen-bond donors (Lipinski definition) is 2. The maximum Gasteiger partial charge on any atom is 0.234 e. The van der Waals surface area contributed by atoms with Crippen molar-refractivity contribution in [2.75, 3.05) is 29.6 Å². The van der Waals surface area contributed by atoms with Crippen molar-refractivity contribution in [2.24, 2.45) is 0 Å². The molecule has 1 aliphatic rings. The number of ether oxygens (including phenoxy) is 2. The smallest absolute Gasteiger partial charge is 0.234 e. The second-order valence-electron chi connectivity index (χ2n) is 5.90. The fourth-order valence-corrected chi connectivity index (χ4v) is 3.60. The first-order valence-electron chi connectivity index (χ1n) is 8.34. The molecule has 0 spiro atoms. The van der Waals surface area contributed by atoms with E-state index in [0.717, 1.165) is 5.56 Å². The topological polar surface area (TPSA) is 76.7 Å². The number of benzene rings is 2. The quantitative estimate of drug-likeness (QED) is 0.759. The van der Waals surface area contributed by atoms with Gasteiger partial charge in [0.15, 0.2) is 11.5 Å². The van der Waals surface area contributed by atoms with Gasteiger partial charge in [-0.25, -0.2) is 0 Å². The summed E-state index contributed by atoms with van der Waals surface area (Å²) in [6.07, 6.45) is 0. The molecule has 3 rings (SSSR count). The molecule has 0 saturated carbocycles. The van der Waals surface area contributed by atoms with E-state index < -0.39 is 0 Å². The van der Waals surface area contributed by atoms with Gasteiger partial charge in [-0.05, 0) is 42.0 Å². The Morgan fingerprint density at radius 3 is 2.44 bits per heavy atom. The molecule has 0 fully saturated rings. The fraction of sp³-hybridized carbons (Fsp3) is 0.263. The van der Waals surface area contributed by atoms with Crippen LogP contribution in [0.2, 0.25) is 5.02 Å². The lowest BCUT2D eigenvalue weighted by atomic mass is 10.2. The van der Waals surface area contributed by atoms with Crippen molar-refractivity contribution in [3.63, 3.8) is 0 Å². The molecule has 0 atom stereocenters. The predicted molar refractivity (Wildman–Crippen MR) is 108 cm³/mol. The summed E-state index contributed by atoms with van der Waals surface area (Å²) in [5, 5.41) is 6.02. The van der Waals surface area contributed by atoms with Crippen LogP contribution in [0.1, 0.15) is 12.5 Å². The minimum atomic E-state index is -0.137. The number of amides is 2. The van der Waals surface area contributed by atoms with Gasteiger partial charge < -0.3 is 20.1 Å². The van der Waals surface area contributed by atoms with Gasteiger partial charge >= 0.3 is 0 Å². The zero-order valence-corrected chi connectivity index (χ0v) is 16.3. The summed E-state index contributed by atoms with van der Waals surface area (Å²) in [5.41, 5.74) is 2.34. The average Bonchev–Trinajstić information content (AvgIpc) is 2.63. The van der Waals surface area contributed by atoms with Crippen LogP contribution in [0.15, 0.2) is 36.4 Å². The summed E-state index contributed by atoms with van der Waals surface area (Å²) in [4.78, 5) is 23.1. The molecule has 2 N–H and O–H groups in total. The first-order valence-corrected chi connectivity index (χ1v) is 9.88.